The molecule has 31 heavy (non-hydrogen) atoms. The molecule has 4 rings (SSSR count). The number of rotatable bonds is 6. The normalized spacial score (nSPS) is 21.0. The van der Waals surface area contributed by atoms with Crippen molar-refractivity contribution in [2.75, 3.05) is 33.3 Å². The fraction of sp³-hybridized carbons (Fsp3) is 0.560. The van der Waals surface area contributed by atoms with Crippen molar-refractivity contribution in [3.63, 3.8) is 0 Å². The van der Waals surface area contributed by atoms with Gasteiger partial charge in [0.05, 0.1) is 18.6 Å². The smallest absolute Gasteiger partial charge is 0.230 e. The standard InChI is InChI=1S/C20H25N3O.C5H12O2/c1-4-23(5-2)20(24)14-9-16-15-7-6-8-17-19(15)13(11-21-17)10-18(16)22(3)12-14;1-2-3-5(7)4-6/h6-9,11,14,18,21H,4-5,10,12H2,1-3H3;5-7H,2-4H2,1H3/t14-,18-;/m1./s1. The number of nitrogens with zero attached hydrogens (tertiary/aromatic N) is 2. The zero-order valence-corrected chi connectivity index (χ0v) is 19.3. The largest absolute Gasteiger partial charge is 0.394 e. The Morgan fingerprint density at radius 3 is 2.65 bits per heavy atom. The molecule has 2 heterocycles. The Hall–Kier alpha value is -2.15. The summed E-state index contributed by atoms with van der Waals surface area (Å²) in [6, 6.07) is 6.82. The number of benzene rings is 1. The van der Waals surface area contributed by atoms with Crippen molar-refractivity contribution in [2.45, 2.75) is 52.2 Å². The van der Waals surface area contributed by atoms with Crippen LogP contribution < -0.4 is 0 Å². The minimum atomic E-state index is -0.495. The summed E-state index contributed by atoms with van der Waals surface area (Å²) >= 11 is 0. The van der Waals surface area contributed by atoms with Crippen molar-refractivity contribution >= 4 is 22.4 Å². The van der Waals surface area contributed by atoms with Gasteiger partial charge in [0.15, 0.2) is 0 Å². The molecule has 6 nitrogen and oxygen atoms in total. The maximum atomic E-state index is 12.9. The lowest BCUT2D eigenvalue weighted by molar-refractivity contribution is -0.134. The van der Waals surface area contributed by atoms with E-state index >= 15 is 0 Å². The van der Waals surface area contributed by atoms with Gasteiger partial charge in [-0.3, -0.25) is 9.69 Å². The number of carbonyl (C=O) groups excluding carboxylic acids is 1. The lowest BCUT2D eigenvalue weighted by atomic mass is 9.79. The summed E-state index contributed by atoms with van der Waals surface area (Å²) in [5, 5.41) is 18.2. The first-order valence-corrected chi connectivity index (χ1v) is 11.5. The molecule has 3 N–H and O–H groups in total. The second-order valence-electron chi connectivity index (χ2n) is 8.57. The molecule has 1 aliphatic heterocycles. The zero-order chi connectivity index (χ0) is 22.5. The average Bonchev–Trinajstić information content (AvgIpc) is 3.20. The first-order chi connectivity index (χ1) is 14.9. The molecule has 1 aromatic carbocycles. The zero-order valence-electron chi connectivity index (χ0n) is 19.3. The van der Waals surface area contributed by atoms with Crippen molar-refractivity contribution in [2.24, 2.45) is 5.92 Å². The number of fused-ring (bicyclic) bond motifs is 2. The van der Waals surface area contributed by atoms with Gasteiger partial charge in [0.2, 0.25) is 5.91 Å². The first kappa shape index (κ1) is 23.5. The Morgan fingerprint density at radius 2 is 2.03 bits per heavy atom. The minimum Gasteiger partial charge on any atom is -0.394 e. The number of H-pyrrole nitrogens is 1. The molecule has 1 aliphatic carbocycles. The van der Waals surface area contributed by atoms with Crippen LogP contribution in [0.5, 0.6) is 0 Å². The van der Waals surface area contributed by atoms with Crippen LogP contribution in [0, 0.1) is 5.92 Å². The number of hydrogen-bond acceptors (Lipinski definition) is 4. The summed E-state index contributed by atoms with van der Waals surface area (Å²) in [6.07, 6.45) is 6.55. The molecule has 170 valence electrons. The third-order valence-corrected chi connectivity index (χ3v) is 6.49. The number of likely N-dealkylation sites (N-methyl/N-ethyl adjacent to an activating group) is 1. The van der Waals surface area contributed by atoms with Gasteiger partial charge in [-0.15, -0.1) is 0 Å². The summed E-state index contributed by atoms with van der Waals surface area (Å²) in [5.74, 6) is 0.210. The van der Waals surface area contributed by atoms with Gasteiger partial charge in [-0.25, -0.2) is 0 Å². The second-order valence-corrected chi connectivity index (χ2v) is 8.57. The van der Waals surface area contributed by atoms with Gasteiger partial charge in [0.1, 0.15) is 0 Å². The predicted octanol–water partition coefficient (Wildman–Crippen LogP) is 3.05. The Labute approximate surface area is 185 Å². The number of aliphatic hydroxyl groups is 2. The van der Waals surface area contributed by atoms with Crippen LogP contribution in [-0.2, 0) is 11.2 Å². The fourth-order valence-electron chi connectivity index (χ4n) is 4.80. The monoisotopic (exact) mass is 427 g/mol. The summed E-state index contributed by atoms with van der Waals surface area (Å²) in [4.78, 5) is 20.6. The molecule has 0 spiro atoms. The summed E-state index contributed by atoms with van der Waals surface area (Å²) < 4.78 is 0. The summed E-state index contributed by atoms with van der Waals surface area (Å²) in [7, 11) is 2.15. The molecule has 2 aromatic rings. The van der Waals surface area contributed by atoms with Gasteiger partial charge >= 0.3 is 0 Å². The molecular weight excluding hydrogens is 390 g/mol. The van der Waals surface area contributed by atoms with E-state index in [0.717, 1.165) is 32.5 Å². The highest BCUT2D eigenvalue weighted by atomic mass is 16.3. The van der Waals surface area contributed by atoms with Crippen molar-refractivity contribution in [3.05, 3.63) is 41.6 Å². The van der Waals surface area contributed by atoms with E-state index in [-0.39, 0.29) is 18.4 Å². The van der Waals surface area contributed by atoms with Crippen LogP contribution in [-0.4, -0.2) is 76.3 Å². The topological polar surface area (TPSA) is 79.8 Å². The van der Waals surface area contributed by atoms with Gasteiger partial charge in [0.25, 0.3) is 0 Å². The molecule has 0 fully saturated rings. The third kappa shape index (κ3) is 4.86. The fourth-order valence-corrected chi connectivity index (χ4v) is 4.80. The molecule has 0 saturated heterocycles. The maximum Gasteiger partial charge on any atom is 0.230 e. The first-order valence-electron chi connectivity index (χ1n) is 11.5. The Balaban J connectivity index is 0.000000339. The molecule has 0 saturated carbocycles. The van der Waals surface area contributed by atoms with Crippen LogP contribution in [0.2, 0.25) is 0 Å². The highest BCUT2D eigenvalue weighted by Gasteiger charge is 2.36. The number of carbonyl (C=O) groups is 1. The van der Waals surface area contributed by atoms with E-state index in [1.165, 1.54) is 27.6 Å². The second kappa shape index (κ2) is 10.4. The van der Waals surface area contributed by atoms with Crippen molar-refractivity contribution < 1.29 is 15.0 Å². The molecule has 1 amide bonds. The van der Waals surface area contributed by atoms with E-state index < -0.39 is 6.10 Å². The molecule has 1 unspecified atom stereocenters. The predicted molar refractivity (Wildman–Crippen MR) is 126 cm³/mol. The maximum absolute atomic E-state index is 12.9. The Bertz CT molecular complexity index is 916. The molecule has 2 aliphatic rings. The number of nitrogens with one attached hydrogen (secondary N) is 1. The summed E-state index contributed by atoms with van der Waals surface area (Å²) in [6.45, 7) is 8.33. The van der Waals surface area contributed by atoms with E-state index in [0.29, 0.717) is 12.5 Å². The van der Waals surface area contributed by atoms with E-state index in [2.05, 4.69) is 61.3 Å². The number of aromatic nitrogens is 1. The molecule has 0 radical (unpaired) electrons. The van der Waals surface area contributed by atoms with E-state index in [1.807, 2.05) is 11.8 Å². The van der Waals surface area contributed by atoms with Crippen LogP contribution in [0.25, 0.3) is 16.5 Å². The van der Waals surface area contributed by atoms with Gasteiger partial charge in [0, 0.05) is 42.8 Å². The lowest BCUT2D eigenvalue weighted by Crippen LogP contribution is -2.47. The van der Waals surface area contributed by atoms with Gasteiger partial charge in [-0.1, -0.05) is 31.6 Å². The van der Waals surface area contributed by atoms with Crippen LogP contribution >= 0.6 is 0 Å². The third-order valence-electron chi connectivity index (χ3n) is 6.49. The van der Waals surface area contributed by atoms with Crippen molar-refractivity contribution in [3.8, 4) is 0 Å². The van der Waals surface area contributed by atoms with Crippen molar-refractivity contribution in [1.82, 2.24) is 14.8 Å². The van der Waals surface area contributed by atoms with Crippen molar-refractivity contribution in [1.29, 1.82) is 0 Å². The van der Waals surface area contributed by atoms with Crippen LogP contribution in [0.4, 0.5) is 0 Å². The Kier molecular flexibility index (Phi) is 7.92. The SMILES string of the molecule is CCCC(O)CO.CCN(CC)C(=O)[C@@H]1C=C2c3cccc4[nH]cc(c34)C[C@H]2N(C)C1. The number of aliphatic hydroxyl groups excluding tert-OH is 2. The van der Waals surface area contributed by atoms with Crippen LogP contribution in [0.15, 0.2) is 30.5 Å². The molecular formula is C25H37N3O3. The Morgan fingerprint density at radius 1 is 1.29 bits per heavy atom. The van der Waals surface area contributed by atoms with E-state index in [4.69, 9.17) is 10.2 Å². The molecule has 6 heteroatoms. The number of aromatic amines is 1. The number of hydrogen-bond donors (Lipinski definition) is 3. The van der Waals surface area contributed by atoms with Crippen LogP contribution in [0.1, 0.15) is 44.7 Å². The van der Waals surface area contributed by atoms with Gasteiger partial charge in [-0.05, 0) is 56.5 Å². The minimum absolute atomic E-state index is 0.0445. The highest BCUT2D eigenvalue weighted by molar-refractivity contribution is 5.99. The summed E-state index contributed by atoms with van der Waals surface area (Å²) in [5.41, 5.74) is 5.21. The van der Waals surface area contributed by atoms with Crippen LogP contribution in [0.3, 0.4) is 0 Å². The average molecular weight is 428 g/mol. The van der Waals surface area contributed by atoms with E-state index in [1.54, 1.807) is 0 Å². The molecule has 3 atom stereocenters. The quantitative estimate of drug-likeness (QED) is 0.662. The molecule has 0 bridgehead atoms. The lowest BCUT2D eigenvalue weighted by Gasteiger charge is -2.40. The number of amides is 1. The molecule has 1 aromatic heterocycles. The highest BCUT2D eigenvalue weighted by Crippen LogP contribution is 2.40. The van der Waals surface area contributed by atoms with Gasteiger partial charge < -0.3 is 20.1 Å². The van der Waals surface area contributed by atoms with Gasteiger partial charge in [-0.2, -0.15) is 0 Å². The van der Waals surface area contributed by atoms with E-state index in [9.17, 15) is 4.79 Å².